The molecule has 7 heteroatoms. The fraction of sp³-hybridized carbons (Fsp3) is 0.133. The molecule has 1 atom stereocenters. The number of halogens is 1. The highest BCUT2D eigenvalue weighted by Gasteiger charge is 2.17. The number of benzene rings is 1. The third-order valence-corrected chi connectivity index (χ3v) is 2.84. The minimum atomic E-state index is -0.862. The van der Waals surface area contributed by atoms with Crippen LogP contribution in [0.2, 0.25) is 5.02 Å². The molecule has 1 aromatic carbocycles. The number of pyridine rings is 1. The summed E-state index contributed by atoms with van der Waals surface area (Å²) >= 11 is 5.84. The number of ether oxygens (including phenoxy) is 1. The monoisotopic (exact) mass is 319 g/mol. The van der Waals surface area contributed by atoms with Crippen molar-refractivity contribution >= 4 is 23.4 Å². The van der Waals surface area contributed by atoms with E-state index in [-0.39, 0.29) is 5.84 Å². The Balaban J connectivity index is 1.94. The summed E-state index contributed by atoms with van der Waals surface area (Å²) in [7, 11) is 0. The van der Waals surface area contributed by atoms with Crippen LogP contribution in [-0.2, 0) is 9.63 Å². The first-order chi connectivity index (χ1) is 10.6. The molecule has 2 rings (SSSR count). The van der Waals surface area contributed by atoms with Crippen LogP contribution in [0.4, 0.5) is 0 Å². The van der Waals surface area contributed by atoms with Gasteiger partial charge in [-0.2, -0.15) is 0 Å². The van der Waals surface area contributed by atoms with Gasteiger partial charge in [0.2, 0.25) is 0 Å². The summed E-state index contributed by atoms with van der Waals surface area (Å²) in [5, 5.41) is 4.06. The average Bonchev–Trinajstić information content (AvgIpc) is 2.53. The number of hydrogen-bond donors (Lipinski definition) is 1. The van der Waals surface area contributed by atoms with Crippen LogP contribution < -0.4 is 10.5 Å². The van der Waals surface area contributed by atoms with E-state index in [9.17, 15) is 4.79 Å². The first-order valence-corrected chi connectivity index (χ1v) is 6.82. The number of rotatable bonds is 5. The topological polar surface area (TPSA) is 86.8 Å². The number of hydrogen-bond acceptors (Lipinski definition) is 5. The van der Waals surface area contributed by atoms with Crippen LogP contribution in [0.1, 0.15) is 12.6 Å². The summed E-state index contributed by atoms with van der Waals surface area (Å²) in [5.41, 5.74) is 6.08. The van der Waals surface area contributed by atoms with E-state index >= 15 is 0 Å². The molecule has 0 saturated heterocycles. The van der Waals surface area contributed by atoms with Gasteiger partial charge in [0.25, 0.3) is 0 Å². The van der Waals surface area contributed by atoms with Gasteiger partial charge >= 0.3 is 5.97 Å². The predicted molar refractivity (Wildman–Crippen MR) is 82.6 cm³/mol. The van der Waals surface area contributed by atoms with Gasteiger partial charge < -0.3 is 15.3 Å². The minimum absolute atomic E-state index is 0.00362. The van der Waals surface area contributed by atoms with Crippen molar-refractivity contribution in [1.82, 2.24) is 4.98 Å². The molecule has 0 saturated carbocycles. The van der Waals surface area contributed by atoms with Gasteiger partial charge in [0, 0.05) is 11.2 Å². The Hall–Kier alpha value is -2.60. The van der Waals surface area contributed by atoms with Crippen molar-refractivity contribution in [1.29, 1.82) is 0 Å². The molecule has 2 aromatic rings. The number of carbonyl (C=O) groups excluding carboxylic acids is 1. The molecule has 0 fully saturated rings. The molecular weight excluding hydrogens is 306 g/mol. The zero-order valence-corrected chi connectivity index (χ0v) is 12.5. The van der Waals surface area contributed by atoms with E-state index in [1.165, 1.54) is 6.92 Å². The lowest BCUT2D eigenvalue weighted by Gasteiger charge is -2.11. The van der Waals surface area contributed by atoms with E-state index in [1.807, 2.05) is 0 Å². The lowest BCUT2D eigenvalue weighted by molar-refractivity contribution is -0.151. The molecule has 1 aromatic heterocycles. The lowest BCUT2D eigenvalue weighted by Crippen LogP contribution is -2.26. The molecule has 1 unspecified atom stereocenters. The summed E-state index contributed by atoms with van der Waals surface area (Å²) in [6.45, 7) is 1.54. The summed E-state index contributed by atoms with van der Waals surface area (Å²) in [6, 6.07) is 11.8. The molecule has 0 spiro atoms. The Morgan fingerprint density at radius 3 is 2.82 bits per heavy atom. The minimum Gasteiger partial charge on any atom is -0.479 e. The number of oxime groups is 1. The van der Waals surface area contributed by atoms with Gasteiger partial charge in [-0.05, 0) is 37.3 Å². The third-order valence-electron chi connectivity index (χ3n) is 2.60. The van der Waals surface area contributed by atoms with Crippen molar-refractivity contribution in [2.24, 2.45) is 10.9 Å². The number of nitrogens with two attached hydrogens (primary N) is 1. The van der Waals surface area contributed by atoms with E-state index in [4.69, 9.17) is 26.9 Å². The molecule has 0 aliphatic carbocycles. The van der Waals surface area contributed by atoms with E-state index in [1.54, 1.807) is 48.7 Å². The largest absolute Gasteiger partial charge is 0.479 e. The highest BCUT2D eigenvalue weighted by atomic mass is 35.5. The van der Waals surface area contributed by atoms with Gasteiger partial charge in [-0.25, -0.2) is 4.79 Å². The molecule has 0 radical (unpaired) electrons. The van der Waals surface area contributed by atoms with Crippen molar-refractivity contribution in [3.63, 3.8) is 0 Å². The Bertz CT molecular complexity index is 677. The lowest BCUT2D eigenvalue weighted by atomic mass is 10.3. The van der Waals surface area contributed by atoms with Gasteiger partial charge in [0.1, 0.15) is 11.4 Å². The van der Waals surface area contributed by atoms with Crippen LogP contribution in [0.15, 0.2) is 53.8 Å². The first kappa shape index (κ1) is 15.8. The Kier molecular flexibility index (Phi) is 5.32. The maximum atomic E-state index is 11.8. The van der Waals surface area contributed by atoms with Crippen LogP contribution in [0, 0.1) is 0 Å². The quantitative estimate of drug-likeness (QED) is 0.395. The van der Waals surface area contributed by atoms with Crippen molar-refractivity contribution in [3.8, 4) is 5.75 Å². The molecule has 0 amide bonds. The maximum absolute atomic E-state index is 11.8. The van der Waals surface area contributed by atoms with Crippen LogP contribution >= 0.6 is 11.6 Å². The SMILES string of the molecule is CC(Oc1cccc(Cl)c1)C(=O)ON=C(N)c1ccccn1. The number of carbonyl (C=O) groups is 1. The third kappa shape index (κ3) is 4.46. The van der Waals surface area contributed by atoms with Crippen molar-refractivity contribution < 1.29 is 14.4 Å². The first-order valence-electron chi connectivity index (χ1n) is 6.44. The number of amidine groups is 1. The fourth-order valence-electron chi connectivity index (χ4n) is 1.52. The molecule has 6 nitrogen and oxygen atoms in total. The summed E-state index contributed by atoms with van der Waals surface area (Å²) < 4.78 is 5.41. The Morgan fingerprint density at radius 1 is 1.32 bits per heavy atom. The van der Waals surface area contributed by atoms with E-state index < -0.39 is 12.1 Å². The number of aromatic nitrogens is 1. The van der Waals surface area contributed by atoms with Crippen LogP contribution in [0.5, 0.6) is 5.75 Å². The van der Waals surface area contributed by atoms with Crippen LogP contribution in [0.25, 0.3) is 0 Å². The fourth-order valence-corrected chi connectivity index (χ4v) is 1.70. The van der Waals surface area contributed by atoms with Crippen molar-refractivity contribution in [3.05, 3.63) is 59.4 Å². The van der Waals surface area contributed by atoms with Gasteiger partial charge in [0.15, 0.2) is 11.9 Å². The second-order valence-corrected chi connectivity index (χ2v) is 4.76. The maximum Gasteiger partial charge on any atom is 0.374 e. The molecular formula is C15H14ClN3O3. The van der Waals surface area contributed by atoms with E-state index in [0.29, 0.717) is 16.5 Å². The summed E-state index contributed by atoms with van der Waals surface area (Å²) in [6.07, 6.45) is 0.698. The Labute approximate surface area is 132 Å². The predicted octanol–water partition coefficient (Wildman–Crippen LogP) is 2.37. The molecule has 0 aliphatic rings. The zero-order valence-electron chi connectivity index (χ0n) is 11.8. The van der Waals surface area contributed by atoms with Crippen LogP contribution in [-0.4, -0.2) is 22.9 Å². The van der Waals surface area contributed by atoms with Gasteiger partial charge in [-0.3, -0.25) is 4.98 Å². The van der Waals surface area contributed by atoms with Crippen LogP contribution in [0.3, 0.4) is 0 Å². The normalized spacial score (nSPS) is 12.5. The van der Waals surface area contributed by atoms with E-state index in [2.05, 4.69) is 10.1 Å². The van der Waals surface area contributed by atoms with Gasteiger partial charge in [0.05, 0.1) is 0 Å². The van der Waals surface area contributed by atoms with Gasteiger partial charge in [-0.15, -0.1) is 0 Å². The molecule has 2 N–H and O–H groups in total. The van der Waals surface area contributed by atoms with Gasteiger partial charge in [-0.1, -0.05) is 28.9 Å². The average molecular weight is 320 g/mol. The molecule has 22 heavy (non-hydrogen) atoms. The summed E-state index contributed by atoms with van der Waals surface area (Å²) in [5.74, 6) is -0.221. The summed E-state index contributed by atoms with van der Waals surface area (Å²) in [4.78, 5) is 20.5. The Morgan fingerprint density at radius 2 is 2.14 bits per heavy atom. The molecule has 1 heterocycles. The highest BCUT2D eigenvalue weighted by Crippen LogP contribution is 2.18. The number of nitrogens with zero attached hydrogens (tertiary/aromatic N) is 2. The van der Waals surface area contributed by atoms with E-state index in [0.717, 1.165) is 0 Å². The molecule has 0 aliphatic heterocycles. The standard InChI is InChI=1S/C15H14ClN3O3/c1-10(21-12-6-4-5-11(16)9-12)15(20)22-19-14(17)13-7-2-3-8-18-13/h2-10H,1H3,(H2,17,19). The second-order valence-electron chi connectivity index (χ2n) is 4.32. The highest BCUT2D eigenvalue weighted by molar-refractivity contribution is 6.30. The molecule has 0 bridgehead atoms. The second kappa shape index (κ2) is 7.42. The van der Waals surface area contributed by atoms with Crippen molar-refractivity contribution in [2.45, 2.75) is 13.0 Å². The smallest absolute Gasteiger partial charge is 0.374 e. The molecule has 114 valence electrons. The van der Waals surface area contributed by atoms with Crippen molar-refractivity contribution in [2.75, 3.05) is 0 Å². The zero-order chi connectivity index (χ0) is 15.9.